The van der Waals surface area contributed by atoms with Crippen LogP contribution in [-0.2, 0) is 9.59 Å². The number of ether oxygens (including phenoxy) is 1. The summed E-state index contributed by atoms with van der Waals surface area (Å²) in [6.45, 7) is -0.180. The maximum Gasteiger partial charge on any atom is 0.265 e. The molecule has 0 saturated carbocycles. The standard InChI is InChI=1S/C17H13N3O3/c18-9-12-5-7-13(8-6-12)19-16(21)10-20-14-3-1-2-4-15(14)23-11-17(20)22/h1-8H,10-11H2,(H,19,21). The van der Waals surface area contributed by atoms with Crippen molar-refractivity contribution < 1.29 is 14.3 Å². The third-order valence-electron chi connectivity index (χ3n) is 3.41. The molecule has 6 nitrogen and oxygen atoms in total. The molecule has 6 heteroatoms. The lowest BCUT2D eigenvalue weighted by Crippen LogP contribution is -2.43. The number of nitrogens with one attached hydrogen (secondary N) is 1. The van der Waals surface area contributed by atoms with Gasteiger partial charge in [0.05, 0.1) is 17.3 Å². The van der Waals surface area contributed by atoms with E-state index < -0.39 is 0 Å². The minimum Gasteiger partial charge on any atom is -0.482 e. The van der Waals surface area contributed by atoms with Crippen LogP contribution >= 0.6 is 0 Å². The third-order valence-corrected chi connectivity index (χ3v) is 3.41. The van der Waals surface area contributed by atoms with Gasteiger partial charge in [-0.25, -0.2) is 0 Å². The molecule has 2 aromatic carbocycles. The van der Waals surface area contributed by atoms with Crippen LogP contribution in [0, 0.1) is 11.3 Å². The molecule has 114 valence electrons. The number of nitriles is 1. The molecule has 0 atom stereocenters. The van der Waals surface area contributed by atoms with Gasteiger partial charge in [-0.2, -0.15) is 5.26 Å². The lowest BCUT2D eigenvalue weighted by Gasteiger charge is -2.28. The number of amides is 2. The fraction of sp³-hybridized carbons (Fsp3) is 0.118. The molecule has 0 aliphatic carbocycles. The van der Waals surface area contributed by atoms with Gasteiger partial charge in [-0.15, -0.1) is 0 Å². The summed E-state index contributed by atoms with van der Waals surface area (Å²) >= 11 is 0. The fourth-order valence-corrected chi connectivity index (χ4v) is 2.30. The highest BCUT2D eigenvalue weighted by molar-refractivity contribution is 6.04. The Morgan fingerprint density at radius 1 is 1.22 bits per heavy atom. The average Bonchev–Trinajstić information content (AvgIpc) is 2.58. The van der Waals surface area contributed by atoms with E-state index in [9.17, 15) is 9.59 Å². The number of para-hydroxylation sites is 2. The Bertz CT molecular complexity index is 793. The molecule has 0 unspecified atom stereocenters. The first-order chi connectivity index (χ1) is 11.2. The van der Waals surface area contributed by atoms with E-state index in [1.54, 1.807) is 42.5 Å². The number of rotatable bonds is 3. The Balaban J connectivity index is 1.72. The van der Waals surface area contributed by atoms with E-state index in [2.05, 4.69) is 5.32 Å². The molecule has 0 aromatic heterocycles. The number of benzene rings is 2. The summed E-state index contributed by atoms with van der Waals surface area (Å²) in [4.78, 5) is 25.6. The minimum absolute atomic E-state index is 0.0822. The van der Waals surface area contributed by atoms with E-state index in [-0.39, 0.29) is 25.0 Å². The van der Waals surface area contributed by atoms with Crippen LogP contribution in [0.1, 0.15) is 5.56 Å². The van der Waals surface area contributed by atoms with Gasteiger partial charge in [0.15, 0.2) is 6.61 Å². The Labute approximate surface area is 132 Å². The number of hydrogen-bond donors (Lipinski definition) is 1. The van der Waals surface area contributed by atoms with Crippen LogP contribution in [0.15, 0.2) is 48.5 Å². The van der Waals surface area contributed by atoms with E-state index in [0.29, 0.717) is 22.7 Å². The molecular weight excluding hydrogens is 294 g/mol. The summed E-state index contributed by atoms with van der Waals surface area (Å²) in [5, 5.41) is 11.5. The zero-order valence-corrected chi connectivity index (χ0v) is 12.2. The molecule has 2 amide bonds. The van der Waals surface area contributed by atoms with E-state index >= 15 is 0 Å². The zero-order valence-electron chi connectivity index (χ0n) is 12.2. The van der Waals surface area contributed by atoms with Crippen molar-refractivity contribution >= 4 is 23.2 Å². The number of carbonyl (C=O) groups excluding carboxylic acids is 2. The summed E-state index contributed by atoms with van der Waals surface area (Å²) < 4.78 is 5.34. The lowest BCUT2D eigenvalue weighted by molar-refractivity contribution is -0.123. The SMILES string of the molecule is N#Cc1ccc(NC(=O)CN2C(=O)COc3ccccc32)cc1. The Morgan fingerprint density at radius 2 is 1.96 bits per heavy atom. The normalized spacial score (nSPS) is 12.8. The van der Waals surface area contributed by atoms with Gasteiger partial charge in [0.1, 0.15) is 12.3 Å². The lowest BCUT2D eigenvalue weighted by atomic mass is 10.2. The van der Waals surface area contributed by atoms with Crippen molar-refractivity contribution in [3.63, 3.8) is 0 Å². The first-order valence-corrected chi connectivity index (χ1v) is 6.99. The molecule has 1 aliphatic heterocycles. The van der Waals surface area contributed by atoms with Crippen molar-refractivity contribution in [2.45, 2.75) is 0 Å². The molecule has 0 bridgehead atoms. The summed E-state index contributed by atoms with van der Waals surface area (Å²) in [6, 6.07) is 15.6. The van der Waals surface area contributed by atoms with E-state index in [1.165, 1.54) is 4.90 Å². The van der Waals surface area contributed by atoms with Gasteiger partial charge in [0.25, 0.3) is 5.91 Å². The second-order valence-corrected chi connectivity index (χ2v) is 4.97. The van der Waals surface area contributed by atoms with E-state index in [0.717, 1.165) is 0 Å². The molecule has 1 heterocycles. The fourth-order valence-electron chi connectivity index (χ4n) is 2.30. The van der Waals surface area contributed by atoms with E-state index in [1.807, 2.05) is 12.1 Å². The Morgan fingerprint density at radius 3 is 2.70 bits per heavy atom. The molecule has 23 heavy (non-hydrogen) atoms. The molecule has 0 fully saturated rings. The highest BCUT2D eigenvalue weighted by Gasteiger charge is 2.26. The van der Waals surface area contributed by atoms with Crippen molar-refractivity contribution in [1.29, 1.82) is 5.26 Å². The van der Waals surface area contributed by atoms with Gasteiger partial charge in [0, 0.05) is 5.69 Å². The first kappa shape index (κ1) is 14.6. The van der Waals surface area contributed by atoms with Crippen molar-refractivity contribution in [3.8, 4) is 11.8 Å². The highest BCUT2D eigenvalue weighted by Crippen LogP contribution is 2.31. The average molecular weight is 307 g/mol. The zero-order chi connectivity index (χ0) is 16.2. The van der Waals surface area contributed by atoms with Crippen LogP contribution in [0.5, 0.6) is 5.75 Å². The van der Waals surface area contributed by atoms with Crippen molar-refractivity contribution in [2.75, 3.05) is 23.4 Å². The van der Waals surface area contributed by atoms with Crippen molar-refractivity contribution in [1.82, 2.24) is 0 Å². The van der Waals surface area contributed by atoms with E-state index in [4.69, 9.17) is 10.00 Å². The van der Waals surface area contributed by atoms with Crippen molar-refractivity contribution in [2.24, 2.45) is 0 Å². The molecule has 2 aromatic rings. The first-order valence-electron chi connectivity index (χ1n) is 6.99. The number of fused-ring (bicyclic) bond motifs is 1. The van der Waals surface area contributed by atoms with Crippen LogP contribution in [0.25, 0.3) is 0 Å². The summed E-state index contributed by atoms with van der Waals surface area (Å²) in [5.41, 5.74) is 1.67. The molecule has 0 saturated heterocycles. The molecule has 3 rings (SSSR count). The number of hydrogen-bond acceptors (Lipinski definition) is 4. The monoisotopic (exact) mass is 307 g/mol. The quantitative estimate of drug-likeness (QED) is 0.939. The van der Waals surface area contributed by atoms with Gasteiger partial charge in [-0.3, -0.25) is 14.5 Å². The predicted molar refractivity (Wildman–Crippen MR) is 84.1 cm³/mol. The molecule has 0 spiro atoms. The minimum atomic E-state index is -0.320. The summed E-state index contributed by atoms with van der Waals surface area (Å²) in [6.07, 6.45) is 0. The molecular formula is C17H13N3O3. The second-order valence-electron chi connectivity index (χ2n) is 4.97. The Hall–Kier alpha value is -3.33. The summed E-state index contributed by atoms with van der Waals surface area (Å²) in [5.74, 6) is -0.00304. The smallest absolute Gasteiger partial charge is 0.265 e. The van der Waals surface area contributed by atoms with Crippen molar-refractivity contribution in [3.05, 3.63) is 54.1 Å². The molecule has 1 N–H and O–H groups in total. The number of anilines is 2. The van der Waals surface area contributed by atoms with Gasteiger partial charge in [0.2, 0.25) is 5.91 Å². The number of nitrogens with zero attached hydrogens (tertiary/aromatic N) is 2. The van der Waals surface area contributed by atoms with Gasteiger partial charge >= 0.3 is 0 Å². The van der Waals surface area contributed by atoms with Crippen LogP contribution in [0.3, 0.4) is 0 Å². The Kier molecular flexibility index (Phi) is 3.93. The summed E-state index contributed by atoms with van der Waals surface area (Å²) in [7, 11) is 0. The van der Waals surface area contributed by atoms with Crippen LogP contribution in [0.2, 0.25) is 0 Å². The molecule has 0 radical (unpaired) electrons. The maximum atomic E-state index is 12.2. The van der Waals surface area contributed by atoms with Gasteiger partial charge in [-0.1, -0.05) is 12.1 Å². The number of carbonyl (C=O) groups is 2. The van der Waals surface area contributed by atoms with Gasteiger partial charge in [-0.05, 0) is 36.4 Å². The maximum absolute atomic E-state index is 12.2. The van der Waals surface area contributed by atoms with Gasteiger partial charge < -0.3 is 10.1 Å². The topological polar surface area (TPSA) is 82.4 Å². The molecule has 1 aliphatic rings. The highest BCUT2D eigenvalue weighted by atomic mass is 16.5. The van der Waals surface area contributed by atoms with Crippen LogP contribution in [-0.4, -0.2) is 25.0 Å². The second kappa shape index (κ2) is 6.20. The largest absolute Gasteiger partial charge is 0.482 e. The van der Waals surface area contributed by atoms with Crippen LogP contribution < -0.4 is 15.0 Å². The van der Waals surface area contributed by atoms with Crippen LogP contribution in [0.4, 0.5) is 11.4 Å². The third kappa shape index (κ3) is 3.14. The predicted octanol–water partition coefficient (Wildman–Crippen LogP) is 1.92.